The van der Waals surface area contributed by atoms with Crippen LogP contribution in [0.2, 0.25) is 0 Å². The number of benzene rings is 4. The molecular weight excluding hydrogens is 765 g/mol. The number of hydrogen-bond acceptors (Lipinski definition) is 9. The average Bonchev–Trinajstić information content (AvgIpc) is 3.85. The fraction of sp³-hybridized carbons (Fsp3) is 0.0930. The van der Waals surface area contributed by atoms with Gasteiger partial charge in [0.25, 0.3) is 17.7 Å². The molecule has 0 aliphatic carbocycles. The number of esters is 1. The number of rotatable bonds is 14. The van der Waals surface area contributed by atoms with E-state index in [-0.39, 0.29) is 27.7 Å². The van der Waals surface area contributed by atoms with Crippen LogP contribution in [0.4, 0.5) is 16.4 Å². The highest BCUT2D eigenvalue weighted by Gasteiger charge is 2.30. The van der Waals surface area contributed by atoms with Crippen LogP contribution in [0.3, 0.4) is 0 Å². The lowest BCUT2D eigenvalue weighted by Crippen LogP contribution is -2.30. The lowest BCUT2D eigenvalue weighted by Gasteiger charge is -2.18. The third-order valence-corrected chi connectivity index (χ3v) is 11.4. The minimum Gasteiger partial charge on any atom is -0.462 e. The van der Waals surface area contributed by atoms with Gasteiger partial charge in [0.05, 0.1) is 17.0 Å². The predicted molar refractivity (Wildman–Crippen MR) is 224 cm³/mol. The largest absolute Gasteiger partial charge is 0.462 e. The van der Waals surface area contributed by atoms with Crippen LogP contribution in [0.5, 0.6) is 0 Å². The number of para-hydroxylation sites is 1. The first-order valence-corrected chi connectivity index (χ1v) is 20.0. The van der Waals surface area contributed by atoms with Gasteiger partial charge in [-0.05, 0) is 85.0 Å². The van der Waals surface area contributed by atoms with E-state index in [0.717, 1.165) is 16.2 Å². The van der Waals surface area contributed by atoms with E-state index in [1.165, 1.54) is 23.1 Å². The Labute approximate surface area is 336 Å². The van der Waals surface area contributed by atoms with Gasteiger partial charge in [-0.1, -0.05) is 78.9 Å². The predicted octanol–water partition coefficient (Wildman–Crippen LogP) is 9.43. The van der Waals surface area contributed by atoms with Crippen molar-refractivity contribution >= 4 is 86.5 Å². The van der Waals surface area contributed by atoms with E-state index in [0.29, 0.717) is 33.0 Å². The van der Waals surface area contributed by atoms with Crippen molar-refractivity contribution in [1.82, 2.24) is 5.32 Å². The second-order valence-corrected chi connectivity index (χ2v) is 15.3. The van der Waals surface area contributed by atoms with Crippen LogP contribution < -0.4 is 21.3 Å². The maximum absolute atomic E-state index is 14.3. The fourth-order valence-corrected chi connectivity index (χ4v) is 8.33. The molecule has 13 heteroatoms. The number of thioether (sulfide) groups is 1. The number of carbonyl (C=O) groups is 5. The summed E-state index contributed by atoms with van der Waals surface area (Å²) in [6.07, 6.45) is 1.61. The number of thiophene rings is 2. The van der Waals surface area contributed by atoms with Crippen molar-refractivity contribution in [2.75, 3.05) is 22.6 Å². The van der Waals surface area contributed by atoms with Crippen molar-refractivity contribution < 1.29 is 28.7 Å². The van der Waals surface area contributed by atoms with Crippen molar-refractivity contribution in [2.45, 2.75) is 24.0 Å². The van der Waals surface area contributed by atoms with Crippen LogP contribution >= 0.6 is 34.4 Å². The summed E-state index contributed by atoms with van der Waals surface area (Å²) in [5.41, 5.74) is 2.65. The van der Waals surface area contributed by atoms with E-state index < -0.39 is 34.8 Å². The minimum atomic E-state index is -0.819. The molecule has 0 saturated carbocycles. The molecule has 2 aromatic heterocycles. The zero-order valence-corrected chi connectivity index (χ0v) is 32.7. The molecule has 0 bridgehead atoms. The summed E-state index contributed by atoms with van der Waals surface area (Å²) < 4.78 is 5.34. The lowest BCUT2D eigenvalue weighted by atomic mass is 10.1. The molecule has 0 radical (unpaired) electrons. The van der Waals surface area contributed by atoms with Gasteiger partial charge in [0.15, 0.2) is 0 Å². The maximum atomic E-state index is 14.3. The van der Waals surface area contributed by atoms with Crippen molar-refractivity contribution in [2.24, 2.45) is 0 Å². The van der Waals surface area contributed by atoms with Gasteiger partial charge in [-0.3, -0.25) is 19.2 Å². The summed E-state index contributed by atoms with van der Waals surface area (Å²) in [6, 6.07) is 37.4. The fourth-order valence-electron chi connectivity index (χ4n) is 5.49. The third kappa shape index (κ3) is 10.1. The molecule has 282 valence electrons. The summed E-state index contributed by atoms with van der Waals surface area (Å²) in [5, 5.41) is 12.6. The molecule has 1 unspecified atom stereocenters. The van der Waals surface area contributed by atoms with Crippen molar-refractivity contribution in [3.8, 4) is 0 Å². The second-order valence-electron chi connectivity index (χ2n) is 12.1. The Kier molecular flexibility index (Phi) is 13.3. The highest BCUT2D eigenvalue weighted by molar-refractivity contribution is 8.00. The first kappa shape index (κ1) is 39.4. The van der Waals surface area contributed by atoms with Crippen LogP contribution in [-0.4, -0.2) is 36.2 Å². The number of amides is 4. The smallest absolute Gasteiger partial charge is 0.341 e. The van der Waals surface area contributed by atoms with E-state index in [2.05, 4.69) is 21.3 Å². The van der Waals surface area contributed by atoms with Gasteiger partial charge in [-0.25, -0.2) is 4.79 Å². The van der Waals surface area contributed by atoms with Crippen LogP contribution in [0.15, 0.2) is 143 Å². The Morgan fingerprint density at radius 1 is 0.750 bits per heavy atom. The SMILES string of the molecule is CCOC(=O)c1c(NC(=O)C(Sc2cccc(NC(=O)/C(=C/c3cccs3)NC(=O)c3ccccc3)c2)c2ccccc2)sc(C(=O)Nc2ccccc2)c1C. The van der Waals surface area contributed by atoms with E-state index in [1.807, 2.05) is 60.0 Å². The summed E-state index contributed by atoms with van der Waals surface area (Å²) in [4.78, 5) is 69.3. The number of carbonyl (C=O) groups excluding carboxylic acids is 5. The van der Waals surface area contributed by atoms with Gasteiger partial charge in [0, 0.05) is 26.7 Å². The monoisotopic (exact) mass is 800 g/mol. The Morgan fingerprint density at radius 3 is 2.11 bits per heavy atom. The van der Waals surface area contributed by atoms with E-state index in [9.17, 15) is 24.0 Å². The zero-order valence-electron chi connectivity index (χ0n) is 30.2. The standard InChI is InChI=1S/C43H36N4O6S3/c1-3-53-43(52)35-27(2)36(40(50)44-30-19-11-6-12-20-30)56-42(35)47-41(51)37(28-15-7-4-8-16-28)55-33-22-13-21-31(25-33)45-39(49)34(26-32-23-14-24-54-32)46-38(48)29-17-9-5-10-18-29/h4-26,37H,3H2,1-2H3,(H,44,50)(H,45,49)(H,46,48)(H,47,51)/b34-26-. The van der Waals surface area contributed by atoms with Crippen molar-refractivity contribution in [1.29, 1.82) is 0 Å². The molecule has 0 aliphatic rings. The molecular formula is C43H36N4O6S3. The highest BCUT2D eigenvalue weighted by Crippen LogP contribution is 2.40. The van der Waals surface area contributed by atoms with Crippen LogP contribution in [0.1, 0.15) is 58.6 Å². The van der Waals surface area contributed by atoms with E-state index in [4.69, 9.17) is 4.74 Å². The molecule has 1 atom stereocenters. The quantitative estimate of drug-likeness (QED) is 0.0489. The van der Waals surface area contributed by atoms with Gasteiger partial charge in [-0.2, -0.15) is 0 Å². The summed E-state index contributed by atoms with van der Waals surface area (Å²) in [5.74, 6) is -2.49. The first-order valence-electron chi connectivity index (χ1n) is 17.4. The average molecular weight is 801 g/mol. The molecule has 4 aromatic carbocycles. The Bertz CT molecular complexity index is 2360. The Hall–Kier alpha value is -6.28. The van der Waals surface area contributed by atoms with Gasteiger partial charge in [-0.15, -0.1) is 34.4 Å². The maximum Gasteiger partial charge on any atom is 0.341 e. The molecule has 6 aromatic rings. The summed E-state index contributed by atoms with van der Waals surface area (Å²) >= 11 is 3.65. The third-order valence-electron chi connectivity index (χ3n) is 8.15. The highest BCUT2D eigenvalue weighted by atomic mass is 32.2. The molecule has 0 spiro atoms. The topological polar surface area (TPSA) is 143 Å². The molecule has 2 heterocycles. The van der Waals surface area contributed by atoms with Crippen molar-refractivity contribution in [3.05, 3.63) is 170 Å². The first-order chi connectivity index (χ1) is 27.2. The number of anilines is 3. The number of ether oxygens (including phenoxy) is 1. The van der Waals surface area contributed by atoms with Crippen LogP contribution in [-0.2, 0) is 14.3 Å². The van der Waals surface area contributed by atoms with Gasteiger partial charge in [0.2, 0.25) is 5.91 Å². The van der Waals surface area contributed by atoms with Crippen LogP contribution in [0.25, 0.3) is 6.08 Å². The molecule has 0 fully saturated rings. The molecule has 10 nitrogen and oxygen atoms in total. The van der Waals surface area contributed by atoms with E-state index >= 15 is 0 Å². The Balaban J connectivity index is 1.25. The van der Waals surface area contributed by atoms with Crippen LogP contribution in [0, 0.1) is 6.92 Å². The van der Waals surface area contributed by atoms with Gasteiger partial charge in [0.1, 0.15) is 15.9 Å². The summed E-state index contributed by atoms with van der Waals surface area (Å²) in [7, 11) is 0. The molecule has 0 saturated heterocycles. The minimum absolute atomic E-state index is 0.0568. The zero-order chi connectivity index (χ0) is 39.4. The molecule has 6 rings (SSSR count). The molecule has 4 N–H and O–H groups in total. The van der Waals surface area contributed by atoms with Gasteiger partial charge < -0.3 is 26.0 Å². The Morgan fingerprint density at radius 2 is 1.43 bits per heavy atom. The lowest BCUT2D eigenvalue weighted by molar-refractivity contribution is -0.116. The summed E-state index contributed by atoms with van der Waals surface area (Å²) in [6.45, 7) is 3.43. The van der Waals surface area contributed by atoms with Gasteiger partial charge >= 0.3 is 5.97 Å². The molecule has 0 aliphatic heterocycles. The molecule has 4 amide bonds. The normalized spacial score (nSPS) is 11.6. The molecule has 56 heavy (non-hydrogen) atoms. The van der Waals surface area contributed by atoms with E-state index in [1.54, 1.807) is 92.7 Å². The number of nitrogens with one attached hydrogen (secondary N) is 4. The number of hydrogen-bond donors (Lipinski definition) is 4. The van der Waals surface area contributed by atoms with Crippen molar-refractivity contribution in [3.63, 3.8) is 0 Å². The second kappa shape index (κ2) is 18.8.